The van der Waals surface area contributed by atoms with Gasteiger partial charge in [-0.1, -0.05) is 34.6 Å². The average molecular weight is 511 g/mol. The van der Waals surface area contributed by atoms with Gasteiger partial charge in [-0.3, -0.25) is 14.4 Å². The third-order valence-electron chi connectivity index (χ3n) is 6.93. The van der Waals surface area contributed by atoms with Gasteiger partial charge in [-0.05, 0) is 57.3 Å². The molecule has 10 heteroatoms. The predicted octanol–water partition coefficient (Wildman–Crippen LogP) is 1.80. The lowest BCUT2D eigenvalue weighted by atomic mass is 9.84. The number of carbonyl (C=O) groups is 4. The Balaban J connectivity index is 2.24. The minimum absolute atomic E-state index is 0.0679. The van der Waals surface area contributed by atoms with Gasteiger partial charge in [-0.25, -0.2) is 4.79 Å². The first-order valence-electron chi connectivity index (χ1n) is 13.0. The van der Waals surface area contributed by atoms with E-state index in [1.54, 1.807) is 25.7 Å². The van der Waals surface area contributed by atoms with E-state index in [4.69, 9.17) is 4.74 Å². The first kappa shape index (κ1) is 29.9. The van der Waals surface area contributed by atoms with Crippen molar-refractivity contribution in [3.05, 3.63) is 0 Å². The fourth-order valence-corrected chi connectivity index (χ4v) is 5.02. The van der Waals surface area contributed by atoms with Crippen LogP contribution in [0.4, 0.5) is 4.79 Å². The lowest BCUT2D eigenvalue weighted by molar-refractivity contribution is -0.143. The van der Waals surface area contributed by atoms with Crippen LogP contribution in [0.15, 0.2) is 0 Å². The molecule has 4 unspecified atom stereocenters. The SMILES string of the molecule is CC(C)C1CCN(C(=O)C(NC(=O)OC(C)(C)C)C(C)(C)C)C1C(=O)NC(CO)C[C@@H]1CCNC1=O. The zero-order chi connectivity index (χ0) is 27.4. The second-order valence-corrected chi connectivity index (χ2v) is 12.5. The second-order valence-electron chi connectivity index (χ2n) is 12.5. The molecule has 0 aromatic carbocycles. The first-order chi connectivity index (χ1) is 16.5. The number of amides is 4. The summed E-state index contributed by atoms with van der Waals surface area (Å²) in [6, 6.07) is -2.23. The van der Waals surface area contributed by atoms with Crippen molar-refractivity contribution in [1.82, 2.24) is 20.9 Å². The molecule has 2 saturated heterocycles. The Morgan fingerprint density at radius 2 is 1.75 bits per heavy atom. The van der Waals surface area contributed by atoms with Crippen molar-refractivity contribution in [3.8, 4) is 0 Å². The number of ether oxygens (including phenoxy) is 1. The highest BCUT2D eigenvalue weighted by atomic mass is 16.6. The molecule has 0 aromatic heterocycles. The van der Waals surface area contributed by atoms with Gasteiger partial charge in [0.1, 0.15) is 17.7 Å². The summed E-state index contributed by atoms with van der Waals surface area (Å²) < 4.78 is 5.39. The molecule has 10 nitrogen and oxygen atoms in total. The molecule has 2 rings (SSSR count). The number of carbonyl (C=O) groups excluding carboxylic acids is 4. The number of nitrogens with one attached hydrogen (secondary N) is 3. The number of rotatable bonds is 8. The first-order valence-corrected chi connectivity index (χ1v) is 13.0. The number of hydrogen-bond donors (Lipinski definition) is 4. The number of aliphatic hydroxyl groups is 1. The van der Waals surface area contributed by atoms with Gasteiger partial charge in [0.15, 0.2) is 0 Å². The number of aliphatic hydroxyl groups excluding tert-OH is 1. The number of alkyl carbamates (subject to hydrolysis) is 1. The van der Waals surface area contributed by atoms with Gasteiger partial charge in [0.05, 0.1) is 12.6 Å². The zero-order valence-corrected chi connectivity index (χ0v) is 23.1. The molecular weight excluding hydrogens is 464 g/mol. The summed E-state index contributed by atoms with van der Waals surface area (Å²) in [7, 11) is 0. The van der Waals surface area contributed by atoms with Crippen LogP contribution >= 0.6 is 0 Å². The van der Waals surface area contributed by atoms with Crippen LogP contribution in [0.5, 0.6) is 0 Å². The van der Waals surface area contributed by atoms with E-state index >= 15 is 0 Å². The van der Waals surface area contributed by atoms with E-state index in [1.165, 1.54) is 0 Å². The van der Waals surface area contributed by atoms with Crippen LogP contribution in [0.2, 0.25) is 0 Å². The van der Waals surface area contributed by atoms with Gasteiger partial charge in [0.2, 0.25) is 17.7 Å². The molecule has 0 radical (unpaired) electrons. The summed E-state index contributed by atoms with van der Waals surface area (Å²) in [5.74, 6) is -0.951. The second kappa shape index (κ2) is 11.8. The van der Waals surface area contributed by atoms with E-state index in [1.807, 2.05) is 34.6 Å². The molecule has 206 valence electrons. The molecule has 4 amide bonds. The topological polar surface area (TPSA) is 137 Å². The van der Waals surface area contributed by atoms with Crippen LogP contribution in [0.1, 0.15) is 74.7 Å². The Hall–Kier alpha value is -2.36. The minimum Gasteiger partial charge on any atom is -0.444 e. The molecule has 2 fully saturated rings. The molecule has 0 spiro atoms. The standard InChI is InChI=1S/C26H46N4O6/c1-15(2)18-10-12-30(23(34)20(25(3,4)5)29-24(35)36-26(6,7)8)19(18)22(33)28-17(14-31)13-16-9-11-27-21(16)32/h15-20,31H,9-14H2,1-8H3,(H,27,32)(H,28,33)(H,29,35)/t16-,17?,18?,19?,20?/m0/s1. The summed E-state index contributed by atoms with van der Waals surface area (Å²) >= 11 is 0. The molecule has 2 heterocycles. The van der Waals surface area contributed by atoms with Crippen molar-refractivity contribution < 1.29 is 29.0 Å². The normalized spacial score (nSPS) is 24.3. The van der Waals surface area contributed by atoms with Crippen LogP contribution in [-0.4, -0.2) is 77.2 Å². The summed E-state index contributed by atoms with van der Waals surface area (Å²) in [6.45, 7) is 15.5. The van der Waals surface area contributed by atoms with Gasteiger partial charge in [-0.2, -0.15) is 0 Å². The highest BCUT2D eigenvalue weighted by Gasteiger charge is 2.47. The predicted molar refractivity (Wildman–Crippen MR) is 136 cm³/mol. The fourth-order valence-electron chi connectivity index (χ4n) is 5.02. The lowest BCUT2D eigenvalue weighted by Crippen LogP contribution is -2.60. The Kier molecular flexibility index (Phi) is 9.78. The van der Waals surface area contributed by atoms with Gasteiger partial charge < -0.3 is 30.7 Å². The zero-order valence-electron chi connectivity index (χ0n) is 23.1. The van der Waals surface area contributed by atoms with E-state index in [0.29, 0.717) is 32.4 Å². The monoisotopic (exact) mass is 510 g/mol. The molecule has 0 aromatic rings. The van der Waals surface area contributed by atoms with E-state index in [-0.39, 0.29) is 42.1 Å². The number of hydrogen-bond acceptors (Lipinski definition) is 6. The maximum absolute atomic E-state index is 13.8. The molecule has 36 heavy (non-hydrogen) atoms. The van der Waals surface area contributed by atoms with Gasteiger partial charge in [-0.15, -0.1) is 0 Å². The van der Waals surface area contributed by atoms with Crippen LogP contribution in [0, 0.1) is 23.2 Å². The summed E-state index contributed by atoms with van der Waals surface area (Å²) in [4.78, 5) is 53.5. The van der Waals surface area contributed by atoms with Crippen molar-refractivity contribution in [3.63, 3.8) is 0 Å². The van der Waals surface area contributed by atoms with E-state index in [2.05, 4.69) is 16.0 Å². The van der Waals surface area contributed by atoms with Crippen LogP contribution < -0.4 is 16.0 Å². The minimum atomic E-state index is -0.899. The van der Waals surface area contributed by atoms with Gasteiger partial charge in [0.25, 0.3) is 0 Å². The van der Waals surface area contributed by atoms with Crippen molar-refractivity contribution in [2.75, 3.05) is 19.7 Å². The number of likely N-dealkylation sites (tertiary alicyclic amines) is 1. The Morgan fingerprint density at radius 3 is 2.22 bits per heavy atom. The van der Waals surface area contributed by atoms with Crippen molar-refractivity contribution >= 4 is 23.8 Å². The van der Waals surface area contributed by atoms with Crippen LogP contribution in [0.25, 0.3) is 0 Å². The third kappa shape index (κ3) is 7.82. The van der Waals surface area contributed by atoms with E-state index in [9.17, 15) is 24.3 Å². The fraction of sp³-hybridized carbons (Fsp3) is 0.846. The van der Waals surface area contributed by atoms with Crippen LogP contribution in [-0.2, 0) is 19.1 Å². The van der Waals surface area contributed by atoms with Gasteiger partial charge in [0, 0.05) is 19.0 Å². The smallest absolute Gasteiger partial charge is 0.408 e. The van der Waals surface area contributed by atoms with Crippen molar-refractivity contribution in [2.45, 2.75) is 98.4 Å². The Labute approximate surface area is 215 Å². The molecule has 2 aliphatic rings. The average Bonchev–Trinajstić information content (AvgIpc) is 3.35. The third-order valence-corrected chi connectivity index (χ3v) is 6.93. The largest absolute Gasteiger partial charge is 0.444 e. The highest BCUT2D eigenvalue weighted by molar-refractivity contribution is 5.92. The van der Waals surface area contributed by atoms with E-state index < -0.39 is 35.2 Å². The number of nitrogens with zero attached hydrogens (tertiary/aromatic N) is 1. The molecule has 0 aliphatic carbocycles. The van der Waals surface area contributed by atoms with Crippen molar-refractivity contribution in [2.24, 2.45) is 23.2 Å². The van der Waals surface area contributed by atoms with Crippen molar-refractivity contribution in [1.29, 1.82) is 0 Å². The summed E-state index contributed by atoms with van der Waals surface area (Å²) in [5.41, 5.74) is -1.35. The van der Waals surface area contributed by atoms with E-state index in [0.717, 1.165) is 0 Å². The molecule has 4 N–H and O–H groups in total. The highest BCUT2D eigenvalue weighted by Crippen LogP contribution is 2.33. The quantitative estimate of drug-likeness (QED) is 0.393. The Morgan fingerprint density at radius 1 is 1.11 bits per heavy atom. The molecule has 0 bridgehead atoms. The maximum Gasteiger partial charge on any atom is 0.408 e. The molecular formula is C26H46N4O6. The van der Waals surface area contributed by atoms with Crippen LogP contribution in [0.3, 0.4) is 0 Å². The maximum atomic E-state index is 13.8. The molecule has 0 saturated carbocycles. The Bertz CT molecular complexity index is 816. The summed E-state index contributed by atoms with van der Waals surface area (Å²) in [6.07, 6.45) is 0.967. The lowest BCUT2D eigenvalue weighted by Gasteiger charge is -2.37. The summed E-state index contributed by atoms with van der Waals surface area (Å²) in [5, 5.41) is 18.3. The molecule has 5 atom stereocenters. The molecule has 2 aliphatic heterocycles. The van der Waals surface area contributed by atoms with Gasteiger partial charge >= 0.3 is 6.09 Å².